The van der Waals surface area contributed by atoms with E-state index in [2.05, 4.69) is 11.1 Å². The number of nitriles is 1. The lowest BCUT2D eigenvalue weighted by atomic mass is 10.2. The largest absolute Gasteiger partial charge is 0.467 e. The molecule has 6 heteroatoms. The van der Waals surface area contributed by atoms with Crippen LogP contribution in [0.3, 0.4) is 0 Å². The first kappa shape index (κ1) is 14.4. The third kappa shape index (κ3) is 2.35. The molecule has 0 aliphatic rings. The summed E-state index contributed by atoms with van der Waals surface area (Å²) >= 11 is 5.79. The molecule has 0 fully saturated rings. The summed E-state index contributed by atoms with van der Waals surface area (Å²) in [6, 6.07) is 6.90. The van der Waals surface area contributed by atoms with Crippen LogP contribution in [-0.4, -0.2) is 28.5 Å². The van der Waals surface area contributed by atoms with Crippen molar-refractivity contribution in [3.05, 3.63) is 29.6 Å². The highest BCUT2D eigenvalue weighted by molar-refractivity contribution is 6.17. The average Bonchev–Trinajstić information content (AvgIpc) is 2.83. The predicted octanol–water partition coefficient (Wildman–Crippen LogP) is 2.42. The highest BCUT2D eigenvalue weighted by atomic mass is 35.5. The molecular weight excluding hydrogens is 278 g/mol. The fraction of sp³-hybridized carbons (Fsp3) is 0.357. The van der Waals surface area contributed by atoms with Crippen LogP contribution in [0.5, 0.6) is 0 Å². The first-order valence-electron chi connectivity index (χ1n) is 6.17. The smallest absolute Gasteiger partial charge is 0.328 e. The van der Waals surface area contributed by atoms with Gasteiger partial charge in [0, 0.05) is 12.3 Å². The van der Waals surface area contributed by atoms with Crippen LogP contribution in [0.2, 0.25) is 0 Å². The lowest BCUT2D eigenvalue weighted by molar-refractivity contribution is -0.143. The van der Waals surface area contributed by atoms with Gasteiger partial charge in [0.05, 0.1) is 18.2 Å². The second kappa shape index (κ2) is 5.93. The molecule has 1 aromatic carbocycles. The molecule has 1 atom stereocenters. The summed E-state index contributed by atoms with van der Waals surface area (Å²) in [5.41, 5.74) is 1.81. The number of esters is 1. The van der Waals surface area contributed by atoms with E-state index in [9.17, 15) is 4.79 Å². The van der Waals surface area contributed by atoms with E-state index in [1.807, 2.05) is 6.07 Å². The molecule has 0 aliphatic carbocycles. The minimum atomic E-state index is -0.517. The number of nitrogens with zero attached hydrogens (tertiary/aromatic N) is 3. The maximum absolute atomic E-state index is 11.8. The second-order valence-corrected chi connectivity index (χ2v) is 4.70. The molecule has 20 heavy (non-hydrogen) atoms. The van der Waals surface area contributed by atoms with Gasteiger partial charge < -0.3 is 9.30 Å². The van der Waals surface area contributed by atoms with Crippen molar-refractivity contribution in [1.29, 1.82) is 5.26 Å². The quantitative estimate of drug-likeness (QED) is 0.641. The molecule has 0 radical (unpaired) electrons. The van der Waals surface area contributed by atoms with Crippen molar-refractivity contribution >= 4 is 28.6 Å². The van der Waals surface area contributed by atoms with E-state index in [4.69, 9.17) is 21.6 Å². The zero-order valence-electron chi connectivity index (χ0n) is 11.3. The molecule has 0 saturated carbocycles. The van der Waals surface area contributed by atoms with Crippen LogP contribution in [0.1, 0.15) is 24.4 Å². The van der Waals surface area contributed by atoms with Crippen molar-refractivity contribution in [2.75, 3.05) is 13.0 Å². The summed E-state index contributed by atoms with van der Waals surface area (Å²) in [5, 5.41) is 9.14. The molecule has 1 aromatic heterocycles. The van der Waals surface area contributed by atoms with Crippen molar-refractivity contribution in [2.24, 2.45) is 0 Å². The summed E-state index contributed by atoms with van der Waals surface area (Å²) in [5.74, 6) is 0.706. The van der Waals surface area contributed by atoms with Crippen LogP contribution >= 0.6 is 11.6 Å². The van der Waals surface area contributed by atoms with Crippen LogP contribution in [0.4, 0.5) is 0 Å². The lowest BCUT2D eigenvalue weighted by Crippen LogP contribution is -2.20. The number of aromatic nitrogens is 2. The van der Waals surface area contributed by atoms with Crippen molar-refractivity contribution < 1.29 is 9.53 Å². The summed E-state index contributed by atoms with van der Waals surface area (Å²) in [4.78, 5) is 16.3. The highest BCUT2D eigenvalue weighted by Gasteiger charge is 2.22. The molecule has 0 saturated heterocycles. The summed E-state index contributed by atoms with van der Waals surface area (Å²) in [7, 11) is 1.35. The Balaban J connectivity index is 2.70. The Morgan fingerprint density at radius 2 is 2.35 bits per heavy atom. The lowest BCUT2D eigenvalue weighted by Gasteiger charge is -2.15. The minimum absolute atomic E-state index is 0.359. The maximum Gasteiger partial charge on any atom is 0.328 e. The molecule has 0 amide bonds. The molecular formula is C14H14ClN3O2. The molecule has 0 spiro atoms. The van der Waals surface area contributed by atoms with Crippen LogP contribution < -0.4 is 0 Å². The SMILES string of the molecule is COC(=O)C(C)n1c(CCCl)nc2c(C#N)cccc21. The summed E-state index contributed by atoms with van der Waals surface area (Å²) < 4.78 is 6.57. The van der Waals surface area contributed by atoms with Gasteiger partial charge in [-0.25, -0.2) is 9.78 Å². The standard InChI is InChI=1S/C14H14ClN3O2/c1-9(14(19)20-2)18-11-5-3-4-10(8-16)13(11)17-12(18)6-7-15/h3-5,9H,6-7H2,1-2H3. The van der Waals surface area contributed by atoms with Crippen LogP contribution in [0, 0.1) is 11.3 Å². The Kier molecular flexibility index (Phi) is 4.26. The molecule has 104 valence electrons. The predicted molar refractivity (Wildman–Crippen MR) is 75.6 cm³/mol. The van der Waals surface area contributed by atoms with Crippen molar-refractivity contribution in [3.8, 4) is 6.07 Å². The van der Waals surface area contributed by atoms with E-state index in [1.54, 1.807) is 23.6 Å². The molecule has 1 heterocycles. The number of para-hydroxylation sites is 1. The number of rotatable bonds is 4. The number of aryl methyl sites for hydroxylation is 1. The van der Waals surface area contributed by atoms with Crippen LogP contribution in [0.25, 0.3) is 11.0 Å². The van der Waals surface area contributed by atoms with E-state index in [0.29, 0.717) is 29.2 Å². The number of hydrogen-bond donors (Lipinski definition) is 0. The van der Waals surface area contributed by atoms with Gasteiger partial charge in [0.2, 0.25) is 0 Å². The van der Waals surface area contributed by atoms with E-state index in [-0.39, 0.29) is 5.97 Å². The van der Waals surface area contributed by atoms with Gasteiger partial charge in [-0.15, -0.1) is 11.6 Å². The number of fused-ring (bicyclic) bond motifs is 1. The number of methoxy groups -OCH3 is 1. The Labute approximate surface area is 121 Å². The number of alkyl halides is 1. The fourth-order valence-electron chi connectivity index (χ4n) is 2.22. The van der Waals surface area contributed by atoms with Crippen molar-refractivity contribution in [1.82, 2.24) is 9.55 Å². The Hall–Kier alpha value is -2.06. The maximum atomic E-state index is 11.8. The van der Waals surface area contributed by atoms with Gasteiger partial charge in [-0.1, -0.05) is 6.07 Å². The monoisotopic (exact) mass is 291 g/mol. The molecule has 2 aromatic rings. The number of ether oxygens (including phenoxy) is 1. The Bertz CT molecular complexity index is 688. The first-order chi connectivity index (χ1) is 9.63. The minimum Gasteiger partial charge on any atom is -0.467 e. The van der Waals surface area contributed by atoms with Gasteiger partial charge in [0.1, 0.15) is 23.5 Å². The number of carbonyl (C=O) groups excluding carboxylic acids is 1. The molecule has 2 rings (SSSR count). The van der Waals surface area contributed by atoms with Crippen LogP contribution in [0.15, 0.2) is 18.2 Å². The van der Waals surface area contributed by atoms with E-state index in [1.165, 1.54) is 7.11 Å². The molecule has 0 bridgehead atoms. The molecule has 0 aliphatic heterocycles. The Morgan fingerprint density at radius 1 is 1.60 bits per heavy atom. The number of halogens is 1. The molecule has 0 N–H and O–H groups in total. The second-order valence-electron chi connectivity index (χ2n) is 4.32. The average molecular weight is 292 g/mol. The number of imidazole rings is 1. The number of hydrogen-bond acceptors (Lipinski definition) is 4. The summed E-state index contributed by atoms with van der Waals surface area (Å²) in [6.07, 6.45) is 0.516. The molecule has 1 unspecified atom stereocenters. The van der Waals surface area contributed by atoms with Gasteiger partial charge in [0.15, 0.2) is 0 Å². The van der Waals surface area contributed by atoms with Crippen molar-refractivity contribution in [2.45, 2.75) is 19.4 Å². The number of benzene rings is 1. The Morgan fingerprint density at radius 3 is 2.95 bits per heavy atom. The normalized spacial score (nSPS) is 12.1. The van der Waals surface area contributed by atoms with Gasteiger partial charge in [0.25, 0.3) is 0 Å². The number of carbonyl (C=O) groups is 1. The topological polar surface area (TPSA) is 67.9 Å². The van der Waals surface area contributed by atoms with E-state index >= 15 is 0 Å². The van der Waals surface area contributed by atoms with E-state index in [0.717, 1.165) is 5.52 Å². The van der Waals surface area contributed by atoms with E-state index < -0.39 is 6.04 Å². The first-order valence-corrected chi connectivity index (χ1v) is 6.71. The zero-order chi connectivity index (χ0) is 14.7. The zero-order valence-corrected chi connectivity index (χ0v) is 12.0. The van der Waals surface area contributed by atoms with Crippen LogP contribution in [-0.2, 0) is 16.0 Å². The third-order valence-electron chi connectivity index (χ3n) is 3.16. The van der Waals surface area contributed by atoms with Gasteiger partial charge in [-0.05, 0) is 19.1 Å². The van der Waals surface area contributed by atoms with Crippen molar-refractivity contribution in [3.63, 3.8) is 0 Å². The summed E-state index contributed by atoms with van der Waals surface area (Å²) in [6.45, 7) is 1.74. The van der Waals surface area contributed by atoms with Gasteiger partial charge in [-0.3, -0.25) is 0 Å². The third-order valence-corrected chi connectivity index (χ3v) is 3.35. The highest BCUT2D eigenvalue weighted by Crippen LogP contribution is 2.25. The fourth-order valence-corrected chi connectivity index (χ4v) is 2.39. The van der Waals surface area contributed by atoms with Gasteiger partial charge >= 0.3 is 5.97 Å². The van der Waals surface area contributed by atoms with Gasteiger partial charge in [-0.2, -0.15) is 5.26 Å². The molecule has 5 nitrogen and oxygen atoms in total.